The molecule has 0 amide bonds. The topological polar surface area (TPSA) is 21.3 Å². The van der Waals surface area contributed by atoms with Gasteiger partial charge in [0.2, 0.25) is 0 Å². The largest absolute Gasteiger partial charge is 0.375 e. The Labute approximate surface area is 73.7 Å². The molecule has 12 heavy (non-hydrogen) atoms. The molecule has 3 aliphatic heterocycles. The van der Waals surface area contributed by atoms with Gasteiger partial charge in [0.25, 0.3) is 0 Å². The lowest BCUT2D eigenvalue weighted by atomic mass is 9.70. The molecule has 4 atom stereocenters. The van der Waals surface area contributed by atoms with Crippen LogP contribution in [-0.2, 0) is 4.74 Å². The summed E-state index contributed by atoms with van der Waals surface area (Å²) >= 11 is 0. The average Bonchev–Trinajstić information content (AvgIpc) is 2.59. The van der Waals surface area contributed by atoms with Crippen LogP contribution in [0.15, 0.2) is 0 Å². The van der Waals surface area contributed by atoms with Crippen molar-refractivity contribution in [1.82, 2.24) is 5.32 Å². The van der Waals surface area contributed by atoms with E-state index in [1.807, 2.05) is 0 Å². The van der Waals surface area contributed by atoms with E-state index in [-0.39, 0.29) is 0 Å². The van der Waals surface area contributed by atoms with Crippen molar-refractivity contribution in [2.24, 2.45) is 5.92 Å². The first-order chi connectivity index (χ1) is 5.78. The minimum absolute atomic E-state index is 0.430. The zero-order valence-corrected chi connectivity index (χ0v) is 7.68. The molecule has 0 aromatic heterocycles. The van der Waals surface area contributed by atoms with Gasteiger partial charge >= 0.3 is 0 Å². The van der Waals surface area contributed by atoms with Gasteiger partial charge in [-0.25, -0.2) is 0 Å². The van der Waals surface area contributed by atoms with Crippen molar-refractivity contribution in [1.29, 1.82) is 0 Å². The van der Waals surface area contributed by atoms with Gasteiger partial charge < -0.3 is 10.1 Å². The van der Waals surface area contributed by atoms with E-state index in [2.05, 4.69) is 12.2 Å². The van der Waals surface area contributed by atoms with Crippen molar-refractivity contribution in [2.45, 2.75) is 50.4 Å². The first-order valence-electron chi connectivity index (χ1n) is 5.18. The van der Waals surface area contributed by atoms with E-state index < -0.39 is 0 Å². The molecule has 1 N–H and O–H groups in total. The molecular weight excluding hydrogens is 150 g/mol. The fourth-order valence-corrected chi connectivity index (χ4v) is 3.14. The van der Waals surface area contributed by atoms with Crippen molar-refractivity contribution in [3.8, 4) is 0 Å². The molecule has 3 saturated heterocycles. The molecule has 3 fully saturated rings. The van der Waals surface area contributed by atoms with Crippen LogP contribution in [0.2, 0.25) is 0 Å². The monoisotopic (exact) mass is 167 g/mol. The Morgan fingerprint density at radius 1 is 1.42 bits per heavy atom. The number of hydrogen-bond acceptors (Lipinski definition) is 2. The third-order valence-corrected chi connectivity index (χ3v) is 4.10. The van der Waals surface area contributed by atoms with Crippen LogP contribution in [0.25, 0.3) is 0 Å². The molecule has 4 unspecified atom stereocenters. The second kappa shape index (κ2) is 2.24. The van der Waals surface area contributed by atoms with E-state index in [1.54, 1.807) is 0 Å². The third-order valence-electron chi connectivity index (χ3n) is 4.10. The first-order valence-corrected chi connectivity index (χ1v) is 5.18. The normalized spacial score (nSPS) is 57.2. The Morgan fingerprint density at radius 2 is 2.25 bits per heavy atom. The summed E-state index contributed by atoms with van der Waals surface area (Å²) in [7, 11) is 0. The second-order valence-electron chi connectivity index (χ2n) is 4.81. The van der Waals surface area contributed by atoms with Gasteiger partial charge in [0.05, 0.1) is 12.2 Å². The van der Waals surface area contributed by atoms with E-state index in [4.69, 9.17) is 4.74 Å². The van der Waals surface area contributed by atoms with Crippen LogP contribution < -0.4 is 5.32 Å². The summed E-state index contributed by atoms with van der Waals surface area (Å²) in [5.41, 5.74) is 0.430. The van der Waals surface area contributed by atoms with Crippen molar-refractivity contribution in [2.75, 3.05) is 6.54 Å². The smallest absolute Gasteiger partial charge is 0.0626 e. The molecule has 3 rings (SSSR count). The van der Waals surface area contributed by atoms with Crippen LogP contribution >= 0.6 is 0 Å². The molecule has 3 heterocycles. The fraction of sp³-hybridized carbons (Fsp3) is 1.00. The molecule has 68 valence electrons. The number of ether oxygens (including phenoxy) is 1. The Balaban J connectivity index is 1.77. The summed E-state index contributed by atoms with van der Waals surface area (Å²) in [6.45, 7) is 3.58. The Kier molecular flexibility index (Phi) is 1.37. The highest BCUT2D eigenvalue weighted by Gasteiger charge is 2.51. The minimum Gasteiger partial charge on any atom is -0.375 e. The molecule has 0 radical (unpaired) electrons. The van der Waals surface area contributed by atoms with Gasteiger partial charge in [-0.1, -0.05) is 0 Å². The van der Waals surface area contributed by atoms with Gasteiger partial charge in [-0.2, -0.15) is 0 Å². The quantitative estimate of drug-likeness (QED) is 0.635. The molecule has 0 saturated carbocycles. The van der Waals surface area contributed by atoms with E-state index in [9.17, 15) is 0 Å². The lowest BCUT2D eigenvalue weighted by Crippen LogP contribution is -2.61. The molecule has 0 spiro atoms. The highest BCUT2D eigenvalue weighted by Crippen LogP contribution is 2.46. The maximum atomic E-state index is 5.87. The Morgan fingerprint density at radius 3 is 2.67 bits per heavy atom. The summed E-state index contributed by atoms with van der Waals surface area (Å²) in [6, 6.07) is 0. The van der Waals surface area contributed by atoms with Crippen LogP contribution in [0.1, 0.15) is 32.6 Å². The summed E-state index contributed by atoms with van der Waals surface area (Å²) in [4.78, 5) is 0. The number of fused-ring (bicyclic) bond motifs is 2. The van der Waals surface area contributed by atoms with Gasteiger partial charge in [0.1, 0.15) is 0 Å². The van der Waals surface area contributed by atoms with Crippen molar-refractivity contribution >= 4 is 0 Å². The predicted octanol–water partition coefficient (Wildman–Crippen LogP) is 1.31. The lowest BCUT2D eigenvalue weighted by molar-refractivity contribution is 0.0501. The lowest BCUT2D eigenvalue weighted by Gasteiger charge is -2.47. The van der Waals surface area contributed by atoms with E-state index in [1.165, 1.54) is 32.2 Å². The molecule has 2 bridgehead atoms. The number of nitrogens with one attached hydrogen (secondary N) is 1. The maximum Gasteiger partial charge on any atom is 0.0626 e. The standard InChI is InChI=1S/C10H17NO/c1-10(4-5-11-10)8-6-7-2-3-9(8)12-7/h7-9,11H,2-6H2,1H3. The van der Waals surface area contributed by atoms with Crippen molar-refractivity contribution < 1.29 is 4.74 Å². The van der Waals surface area contributed by atoms with E-state index >= 15 is 0 Å². The third kappa shape index (κ3) is 0.826. The summed E-state index contributed by atoms with van der Waals surface area (Å²) in [5.74, 6) is 0.810. The first kappa shape index (κ1) is 7.34. The number of hydrogen-bond donors (Lipinski definition) is 1. The molecule has 0 aromatic carbocycles. The van der Waals surface area contributed by atoms with Gasteiger partial charge in [-0.3, -0.25) is 0 Å². The van der Waals surface area contributed by atoms with Crippen LogP contribution in [0.4, 0.5) is 0 Å². The highest BCUT2D eigenvalue weighted by molar-refractivity contribution is 5.06. The van der Waals surface area contributed by atoms with Gasteiger partial charge in [-0.15, -0.1) is 0 Å². The molecule has 0 aliphatic carbocycles. The summed E-state index contributed by atoms with van der Waals surface area (Å²) in [5, 5.41) is 3.57. The number of rotatable bonds is 1. The summed E-state index contributed by atoms with van der Waals surface area (Å²) in [6.07, 6.45) is 6.49. The van der Waals surface area contributed by atoms with E-state index in [0.717, 1.165) is 5.92 Å². The van der Waals surface area contributed by atoms with Crippen LogP contribution in [0, 0.1) is 5.92 Å². The summed E-state index contributed by atoms with van der Waals surface area (Å²) < 4.78 is 5.87. The molecule has 2 heteroatoms. The van der Waals surface area contributed by atoms with Gasteiger partial charge in [0.15, 0.2) is 0 Å². The van der Waals surface area contributed by atoms with Crippen molar-refractivity contribution in [3.63, 3.8) is 0 Å². The molecule has 3 aliphatic rings. The highest BCUT2D eigenvalue weighted by atomic mass is 16.5. The molecule has 2 nitrogen and oxygen atoms in total. The fourth-order valence-electron chi connectivity index (χ4n) is 3.14. The van der Waals surface area contributed by atoms with Crippen LogP contribution in [-0.4, -0.2) is 24.3 Å². The molecule has 0 aromatic rings. The van der Waals surface area contributed by atoms with Crippen LogP contribution in [0.3, 0.4) is 0 Å². The minimum atomic E-state index is 0.430. The SMILES string of the molecule is CC1(C2CC3CCC2O3)CCN1. The maximum absolute atomic E-state index is 5.87. The van der Waals surface area contributed by atoms with Crippen molar-refractivity contribution in [3.05, 3.63) is 0 Å². The van der Waals surface area contributed by atoms with E-state index in [0.29, 0.717) is 17.7 Å². The zero-order chi connectivity index (χ0) is 8.18. The Bertz CT molecular complexity index is 200. The van der Waals surface area contributed by atoms with Gasteiger partial charge in [0, 0.05) is 11.5 Å². The predicted molar refractivity (Wildman–Crippen MR) is 47.0 cm³/mol. The average molecular weight is 167 g/mol. The van der Waals surface area contributed by atoms with Crippen LogP contribution in [0.5, 0.6) is 0 Å². The zero-order valence-electron chi connectivity index (χ0n) is 7.68. The van der Waals surface area contributed by atoms with Gasteiger partial charge in [-0.05, 0) is 39.2 Å². The molecular formula is C10H17NO. The second-order valence-corrected chi connectivity index (χ2v) is 4.81. The Hall–Kier alpha value is -0.0800.